The van der Waals surface area contributed by atoms with Crippen LogP contribution in [-0.2, 0) is 6.42 Å². The number of hydrogen-bond acceptors (Lipinski definition) is 2. The standard InChI is InChI=1S/C10H15NS/c1-9(2)12-8-5-10-3-6-11-7-4-10/h3-4,6-7,9H,5,8H2,1-2H3. The normalized spacial score (nSPS) is 10.6. The molecule has 0 atom stereocenters. The van der Waals surface area contributed by atoms with Crippen LogP contribution >= 0.6 is 11.8 Å². The highest BCUT2D eigenvalue weighted by molar-refractivity contribution is 7.99. The van der Waals surface area contributed by atoms with E-state index in [1.54, 1.807) is 0 Å². The van der Waals surface area contributed by atoms with Crippen molar-refractivity contribution in [1.29, 1.82) is 0 Å². The molecule has 0 N–H and O–H groups in total. The average Bonchev–Trinajstić information content (AvgIpc) is 2.05. The van der Waals surface area contributed by atoms with Crippen LogP contribution in [0.15, 0.2) is 24.5 Å². The van der Waals surface area contributed by atoms with Gasteiger partial charge in [-0.15, -0.1) is 0 Å². The lowest BCUT2D eigenvalue weighted by atomic mass is 10.2. The number of pyridine rings is 1. The molecule has 0 aromatic carbocycles. The van der Waals surface area contributed by atoms with Gasteiger partial charge in [-0.2, -0.15) is 11.8 Å². The molecule has 1 aromatic heterocycles. The summed E-state index contributed by atoms with van der Waals surface area (Å²) in [4.78, 5) is 3.98. The van der Waals surface area contributed by atoms with E-state index in [4.69, 9.17) is 0 Å². The van der Waals surface area contributed by atoms with Crippen molar-refractivity contribution in [2.45, 2.75) is 25.5 Å². The van der Waals surface area contributed by atoms with Crippen molar-refractivity contribution in [1.82, 2.24) is 4.98 Å². The molecule has 1 rings (SSSR count). The van der Waals surface area contributed by atoms with Crippen LogP contribution in [0.3, 0.4) is 0 Å². The SMILES string of the molecule is CC(C)SCCc1ccncc1. The Balaban J connectivity index is 2.25. The molecule has 2 heteroatoms. The van der Waals surface area contributed by atoms with Crippen LogP contribution in [0.2, 0.25) is 0 Å². The van der Waals surface area contributed by atoms with E-state index >= 15 is 0 Å². The fraction of sp³-hybridized carbons (Fsp3) is 0.500. The molecular weight excluding hydrogens is 166 g/mol. The van der Waals surface area contributed by atoms with Gasteiger partial charge in [-0.25, -0.2) is 0 Å². The van der Waals surface area contributed by atoms with E-state index in [0.717, 1.165) is 11.7 Å². The Kier molecular flexibility index (Phi) is 4.15. The third kappa shape index (κ3) is 3.77. The maximum atomic E-state index is 3.98. The highest BCUT2D eigenvalue weighted by atomic mass is 32.2. The number of nitrogens with zero attached hydrogens (tertiary/aromatic N) is 1. The van der Waals surface area contributed by atoms with Crippen molar-refractivity contribution < 1.29 is 0 Å². The summed E-state index contributed by atoms with van der Waals surface area (Å²) in [5, 5.41) is 0.742. The zero-order chi connectivity index (χ0) is 8.81. The predicted octanol–water partition coefficient (Wildman–Crippen LogP) is 2.77. The number of hydrogen-bond donors (Lipinski definition) is 0. The molecule has 0 unspecified atom stereocenters. The summed E-state index contributed by atoms with van der Waals surface area (Å²) in [7, 11) is 0. The van der Waals surface area contributed by atoms with Crippen molar-refractivity contribution in [2.75, 3.05) is 5.75 Å². The van der Waals surface area contributed by atoms with Gasteiger partial charge in [-0.3, -0.25) is 4.98 Å². The third-order valence-electron chi connectivity index (χ3n) is 1.59. The minimum atomic E-state index is 0.742. The van der Waals surface area contributed by atoms with E-state index in [9.17, 15) is 0 Å². The molecule has 0 saturated carbocycles. The molecule has 0 aliphatic rings. The van der Waals surface area contributed by atoms with Gasteiger partial charge in [0.2, 0.25) is 0 Å². The average molecular weight is 181 g/mol. The minimum absolute atomic E-state index is 0.742. The van der Waals surface area contributed by atoms with E-state index in [-0.39, 0.29) is 0 Å². The fourth-order valence-corrected chi connectivity index (χ4v) is 1.79. The molecule has 0 spiro atoms. The number of thioether (sulfide) groups is 1. The van der Waals surface area contributed by atoms with Gasteiger partial charge in [0.15, 0.2) is 0 Å². The Hall–Kier alpha value is -0.500. The first kappa shape index (κ1) is 9.59. The van der Waals surface area contributed by atoms with Crippen molar-refractivity contribution in [3.05, 3.63) is 30.1 Å². The van der Waals surface area contributed by atoms with Crippen LogP contribution in [0.1, 0.15) is 19.4 Å². The Bertz CT molecular complexity index is 208. The first-order valence-corrected chi connectivity index (χ1v) is 5.34. The molecule has 0 fully saturated rings. The molecule has 1 nitrogen and oxygen atoms in total. The number of aryl methyl sites for hydroxylation is 1. The van der Waals surface area contributed by atoms with Crippen molar-refractivity contribution >= 4 is 11.8 Å². The molecular formula is C10H15NS. The van der Waals surface area contributed by atoms with Gasteiger partial charge in [-0.1, -0.05) is 13.8 Å². The second-order valence-corrected chi connectivity index (χ2v) is 4.71. The van der Waals surface area contributed by atoms with E-state index < -0.39 is 0 Å². The fourth-order valence-electron chi connectivity index (χ4n) is 0.962. The van der Waals surface area contributed by atoms with Gasteiger partial charge in [0.1, 0.15) is 0 Å². The second kappa shape index (κ2) is 5.20. The monoisotopic (exact) mass is 181 g/mol. The first-order chi connectivity index (χ1) is 5.79. The molecule has 1 heterocycles. The van der Waals surface area contributed by atoms with Crippen LogP contribution in [0.25, 0.3) is 0 Å². The molecule has 0 aliphatic heterocycles. The van der Waals surface area contributed by atoms with E-state index in [2.05, 4.69) is 31.0 Å². The Morgan fingerprint density at radius 1 is 1.33 bits per heavy atom. The molecule has 12 heavy (non-hydrogen) atoms. The summed E-state index contributed by atoms with van der Waals surface area (Å²) in [6.45, 7) is 4.47. The van der Waals surface area contributed by atoms with Crippen molar-refractivity contribution in [2.24, 2.45) is 0 Å². The topological polar surface area (TPSA) is 12.9 Å². The lowest BCUT2D eigenvalue weighted by Crippen LogP contribution is -1.93. The zero-order valence-corrected chi connectivity index (χ0v) is 8.47. The molecule has 0 aliphatic carbocycles. The summed E-state index contributed by atoms with van der Waals surface area (Å²) < 4.78 is 0. The van der Waals surface area contributed by atoms with Crippen LogP contribution in [0, 0.1) is 0 Å². The quantitative estimate of drug-likeness (QED) is 0.708. The molecule has 0 radical (unpaired) electrons. The minimum Gasteiger partial charge on any atom is -0.265 e. The maximum Gasteiger partial charge on any atom is 0.0270 e. The Labute approximate surface area is 78.6 Å². The molecule has 0 saturated heterocycles. The second-order valence-electron chi connectivity index (χ2n) is 3.03. The smallest absolute Gasteiger partial charge is 0.0270 e. The van der Waals surface area contributed by atoms with E-state index in [1.165, 1.54) is 11.3 Å². The highest BCUT2D eigenvalue weighted by Crippen LogP contribution is 2.11. The van der Waals surface area contributed by atoms with Gasteiger partial charge < -0.3 is 0 Å². The summed E-state index contributed by atoms with van der Waals surface area (Å²) >= 11 is 2.01. The van der Waals surface area contributed by atoms with Crippen LogP contribution in [-0.4, -0.2) is 16.0 Å². The predicted molar refractivity (Wildman–Crippen MR) is 55.5 cm³/mol. The van der Waals surface area contributed by atoms with Gasteiger partial charge in [-0.05, 0) is 35.1 Å². The van der Waals surface area contributed by atoms with Gasteiger partial charge in [0, 0.05) is 12.4 Å². The van der Waals surface area contributed by atoms with Crippen molar-refractivity contribution in [3.8, 4) is 0 Å². The lowest BCUT2D eigenvalue weighted by molar-refractivity contribution is 1.08. The molecule has 66 valence electrons. The number of aromatic nitrogens is 1. The molecule has 0 bridgehead atoms. The highest BCUT2D eigenvalue weighted by Gasteiger charge is 1.95. The van der Waals surface area contributed by atoms with Gasteiger partial charge in [0.05, 0.1) is 0 Å². The van der Waals surface area contributed by atoms with Crippen LogP contribution in [0.5, 0.6) is 0 Å². The summed E-state index contributed by atoms with van der Waals surface area (Å²) in [6.07, 6.45) is 4.87. The van der Waals surface area contributed by atoms with Crippen LogP contribution in [0.4, 0.5) is 0 Å². The largest absolute Gasteiger partial charge is 0.265 e. The number of rotatable bonds is 4. The molecule has 1 aromatic rings. The zero-order valence-electron chi connectivity index (χ0n) is 7.66. The molecule has 0 amide bonds. The summed E-state index contributed by atoms with van der Waals surface area (Å²) in [5.41, 5.74) is 1.39. The van der Waals surface area contributed by atoms with Crippen LogP contribution < -0.4 is 0 Å². The lowest BCUT2D eigenvalue weighted by Gasteiger charge is -2.03. The van der Waals surface area contributed by atoms with Crippen molar-refractivity contribution in [3.63, 3.8) is 0 Å². The first-order valence-electron chi connectivity index (χ1n) is 4.29. The summed E-state index contributed by atoms with van der Waals surface area (Å²) in [6, 6.07) is 4.17. The third-order valence-corrected chi connectivity index (χ3v) is 2.70. The van der Waals surface area contributed by atoms with Gasteiger partial charge in [0.25, 0.3) is 0 Å². The van der Waals surface area contributed by atoms with E-state index in [1.807, 2.05) is 24.2 Å². The Morgan fingerprint density at radius 3 is 2.58 bits per heavy atom. The maximum absolute atomic E-state index is 3.98. The van der Waals surface area contributed by atoms with E-state index in [0.29, 0.717) is 0 Å². The Morgan fingerprint density at radius 2 is 2.00 bits per heavy atom. The van der Waals surface area contributed by atoms with Gasteiger partial charge >= 0.3 is 0 Å². The summed E-state index contributed by atoms with van der Waals surface area (Å²) in [5.74, 6) is 1.21.